The zero-order valence-electron chi connectivity index (χ0n) is 2.72. The Balaban J connectivity index is 0.000000250. The maximum absolute atomic E-state index is 4.58. The molecule has 6 heavy (non-hydrogen) atoms. The molecule has 0 saturated heterocycles. The van der Waals surface area contributed by atoms with Gasteiger partial charge >= 0.3 is 23.9 Å². The van der Waals surface area contributed by atoms with Crippen molar-refractivity contribution in [1.82, 2.24) is 0 Å². The maximum atomic E-state index is 4.58. The first kappa shape index (κ1) is 6.08. The molecule has 0 unspecified atom stereocenters. The van der Waals surface area contributed by atoms with Gasteiger partial charge in [-0.05, 0) is 12.1 Å². The summed E-state index contributed by atoms with van der Waals surface area (Å²) < 4.78 is 4.58. The predicted octanol–water partition coefficient (Wildman–Crippen LogP) is -0.172. The van der Waals surface area contributed by atoms with Crippen LogP contribution >= 0.6 is 0 Å². The van der Waals surface area contributed by atoms with E-state index in [1.54, 1.807) is 12.5 Å². The molecular weight excluding hydrogens is 183 g/mol. The Morgan fingerprint density at radius 2 is 1.50 bits per heavy atom. The summed E-state index contributed by atoms with van der Waals surface area (Å²) in [6.45, 7) is 0. The molecule has 1 aromatic heterocycles. The monoisotopic (exact) mass is 192 g/mol. The van der Waals surface area contributed by atoms with Gasteiger partial charge in [-0.2, -0.15) is 0 Å². The summed E-state index contributed by atoms with van der Waals surface area (Å²) in [6, 6.07) is 3.67. The van der Waals surface area contributed by atoms with E-state index in [4.69, 9.17) is 0 Å². The second-order valence-corrected chi connectivity index (χ2v) is 0.793. The molecule has 0 atom stereocenters. The van der Waals surface area contributed by atoms with Gasteiger partial charge in [0.2, 0.25) is 0 Å². The standard InChI is InChI=1S/C4H4O.Sn.4H/c1-2-4-5-3-1;;;;;/h1-4H;;;;;. The van der Waals surface area contributed by atoms with Crippen LogP contribution in [-0.2, 0) is 0 Å². The van der Waals surface area contributed by atoms with Crippen molar-refractivity contribution in [2.24, 2.45) is 0 Å². The Labute approximate surface area is 53.3 Å². The third kappa shape index (κ3) is 1.50. The van der Waals surface area contributed by atoms with Gasteiger partial charge in [-0.3, -0.25) is 0 Å². The maximum Gasteiger partial charge on any atom is 0.0902 e. The van der Waals surface area contributed by atoms with Crippen molar-refractivity contribution in [2.75, 3.05) is 0 Å². The van der Waals surface area contributed by atoms with Crippen molar-refractivity contribution in [3.05, 3.63) is 24.7 Å². The number of hydrogen-bond acceptors (Lipinski definition) is 1. The average molecular weight is 191 g/mol. The van der Waals surface area contributed by atoms with Gasteiger partial charge in [0.25, 0.3) is 0 Å². The average Bonchev–Trinajstić information content (AvgIpc) is 1.76. The van der Waals surface area contributed by atoms with Crippen molar-refractivity contribution in [3.63, 3.8) is 0 Å². The van der Waals surface area contributed by atoms with E-state index in [0.717, 1.165) is 0 Å². The van der Waals surface area contributed by atoms with E-state index >= 15 is 0 Å². The van der Waals surface area contributed by atoms with Crippen LogP contribution in [0.3, 0.4) is 0 Å². The molecule has 0 spiro atoms. The first-order chi connectivity index (χ1) is 2.50. The molecule has 0 aliphatic rings. The quantitative estimate of drug-likeness (QED) is 0.518. The topological polar surface area (TPSA) is 13.1 Å². The fourth-order valence-electron chi connectivity index (χ4n) is 0.227. The Morgan fingerprint density at radius 1 is 1.00 bits per heavy atom. The number of furan rings is 1. The molecular formula is C4H8OSn. The minimum Gasteiger partial charge on any atom is -0.473 e. The molecule has 0 bridgehead atoms. The molecule has 1 nitrogen and oxygen atoms in total. The largest absolute Gasteiger partial charge is 0.473 e. The zero-order chi connectivity index (χ0) is 3.54. The molecule has 0 aliphatic carbocycles. The molecule has 0 amide bonds. The molecule has 2 heteroatoms. The van der Waals surface area contributed by atoms with Crippen molar-refractivity contribution in [3.8, 4) is 0 Å². The summed E-state index contributed by atoms with van der Waals surface area (Å²) in [4.78, 5) is 0. The van der Waals surface area contributed by atoms with Crippen LogP contribution in [0.2, 0.25) is 0 Å². The molecule has 0 N–H and O–H groups in total. The summed E-state index contributed by atoms with van der Waals surface area (Å²) in [5, 5.41) is 0. The molecule has 1 heterocycles. The second-order valence-electron chi connectivity index (χ2n) is 0.793. The van der Waals surface area contributed by atoms with Crippen LogP contribution in [0.4, 0.5) is 0 Å². The van der Waals surface area contributed by atoms with Crippen LogP contribution in [0.15, 0.2) is 29.1 Å². The van der Waals surface area contributed by atoms with Crippen LogP contribution in [0.1, 0.15) is 0 Å². The second kappa shape index (κ2) is 3.28. The van der Waals surface area contributed by atoms with Crippen molar-refractivity contribution in [2.45, 2.75) is 0 Å². The Hall–Kier alpha value is 0.0787. The van der Waals surface area contributed by atoms with Crippen molar-refractivity contribution >= 4 is 23.9 Å². The van der Waals surface area contributed by atoms with Gasteiger partial charge in [-0.1, -0.05) is 0 Å². The minimum atomic E-state index is 0. The summed E-state index contributed by atoms with van der Waals surface area (Å²) >= 11 is 0. The number of hydrogen-bond donors (Lipinski definition) is 0. The SMILES string of the molecule is [SnH4].c1ccoc1. The van der Waals surface area contributed by atoms with Gasteiger partial charge in [0.1, 0.15) is 0 Å². The van der Waals surface area contributed by atoms with Gasteiger partial charge in [-0.15, -0.1) is 0 Å². The van der Waals surface area contributed by atoms with E-state index in [0.29, 0.717) is 0 Å². The molecule has 34 valence electrons. The van der Waals surface area contributed by atoms with Gasteiger partial charge in [-0.25, -0.2) is 0 Å². The van der Waals surface area contributed by atoms with Crippen LogP contribution in [0, 0.1) is 0 Å². The third-order valence-corrected chi connectivity index (χ3v) is 0.425. The Kier molecular flexibility index (Phi) is 3.32. The summed E-state index contributed by atoms with van der Waals surface area (Å²) in [7, 11) is 0. The summed E-state index contributed by atoms with van der Waals surface area (Å²) in [5.41, 5.74) is 0. The predicted molar refractivity (Wildman–Crippen MR) is 30.0 cm³/mol. The first-order valence-corrected chi connectivity index (χ1v) is 1.47. The third-order valence-electron chi connectivity index (χ3n) is 0.425. The summed E-state index contributed by atoms with van der Waals surface area (Å²) in [5.74, 6) is 0. The Bertz CT molecular complexity index is 64.0. The molecule has 1 rings (SSSR count). The molecule has 0 aliphatic heterocycles. The van der Waals surface area contributed by atoms with Gasteiger partial charge in [0.15, 0.2) is 0 Å². The summed E-state index contributed by atoms with van der Waals surface area (Å²) in [6.07, 6.45) is 3.25. The van der Waals surface area contributed by atoms with E-state index in [9.17, 15) is 0 Å². The van der Waals surface area contributed by atoms with Crippen molar-refractivity contribution in [1.29, 1.82) is 0 Å². The van der Waals surface area contributed by atoms with Crippen molar-refractivity contribution < 1.29 is 4.42 Å². The fraction of sp³-hybridized carbons (Fsp3) is 0. The molecule has 0 fully saturated rings. The normalized spacial score (nSPS) is 6.67. The smallest absolute Gasteiger partial charge is 0.0902 e. The fourth-order valence-corrected chi connectivity index (χ4v) is 0.227. The number of rotatable bonds is 0. The minimum absolute atomic E-state index is 0. The molecule has 1 aromatic rings. The Morgan fingerprint density at radius 3 is 1.67 bits per heavy atom. The van der Waals surface area contributed by atoms with Gasteiger partial charge in [0, 0.05) is 0 Å². The van der Waals surface area contributed by atoms with E-state index in [2.05, 4.69) is 4.42 Å². The van der Waals surface area contributed by atoms with Crippen LogP contribution < -0.4 is 0 Å². The molecule has 0 saturated carbocycles. The zero-order valence-corrected chi connectivity index (χ0v) is 2.72. The molecule has 0 radical (unpaired) electrons. The van der Waals surface area contributed by atoms with E-state index in [1.165, 1.54) is 0 Å². The van der Waals surface area contributed by atoms with Crippen LogP contribution in [-0.4, -0.2) is 23.9 Å². The van der Waals surface area contributed by atoms with Gasteiger partial charge < -0.3 is 4.42 Å². The van der Waals surface area contributed by atoms with E-state index in [-0.39, 0.29) is 23.9 Å². The van der Waals surface area contributed by atoms with E-state index in [1.807, 2.05) is 12.1 Å². The van der Waals surface area contributed by atoms with Gasteiger partial charge in [0.05, 0.1) is 12.5 Å². The van der Waals surface area contributed by atoms with E-state index < -0.39 is 0 Å². The first-order valence-electron chi connectivity index (χ1n) is 1.47. The van der Waals surface area contributed by atoms with Crippen LogP contribution in [0.5, 0.6) is 0 Å². The van der Waals surface area contributed by atoms with Crippen LogP contribution in [0.25, 0.3) is 0 Å². The molecule has 0 aromatic carbocycles.